The highest BCUT2D eigenvalue weighted by atomic mass is 14.4. The molecule has 0 unspecified atom stereocenters. The average molecular weight is 521 g/mol. The Morgan fingerprint density at radius 3 is 1.95 bits per heavy atom. The molecule has 7 aromatic rings. The van der Waals surface area contributed by atoms with Crippen LogP contribution in [0, 0.1) is 0 Å². The second-order valence-electron chi connectivity index (χ2n) is 12.1. The van der Waals surface area contributed by atoms with Crippen LogP contribution in [0.25, 0.3) is 77.2 Å². The van der Waals surface area contributed by atoms with E-state index in [2.05, 4.69) is 147 Å². The largest absolute Gasteiger partial charge is 0.0619 e. The molecule has 0 N–H and O–H groups in total. The van der Waals surface area contributed by atoms with Crippen LogP contribution < -0.4 is 0 Å². The lowest BCUT2D eigenvalue weighted by Gasteiger charge is -2.23. The van der Waals surface area contributed by atoms with Crippen LogP contribution in [0.3, 0.4) is 0 Å². The van der Waals surface area contributed by atoms with Gasteiger partial charge in [-0.2, -0.15) is 0 Å². The van der Waals surface area contributed by atoms with Gasteiger partial charge >= 0.3 is 0 Å². The molecule has 7 aromatic carbocycles. The Morgan fingerprint density at radius 2 is 1.07 bits per heavy atom. The first-order chi connectivity index (χ1) is 20.1. The minimum atomic E-state index is -0.0329. The van der Waals surface area contributed by atoms with Crippen LogP contribution in [0.2, 0.25) is 0 Å². The van der Waals surface area contributed by atoms with Gasteiger partial charge in [0.25, 0.3) is 0 Å². The van der Waals surface area contributed by atoms with Crippen molar-refractivity contribution in [1.29, 1.82) is 0 Å². The highest BCUT2D eigenvalue weighted by Crippen LogP contribution is 2.52. The molecule has 0 aromatic heterocycles. The van der Waals surface area contributed by atoms with E-state index < -0.39 is 0 Å². The fraction of sp³-hybridized carbons (Fsp3) is 0.0732. The topological polar surface area (TPSA) is 0 Å². The van der Waals surface area contributed by atoms with Gasteiger partial charge in [-0.25, -0.2) is 0 Å². The van der Waals surface area contributed by atoms with Gasteiger partial charge < -0.3 is 0 Å². The molecular weight excluding hydrogens is 492 g/mol. The lowest BCUT2D eigenvalue weighted by molar-refractivity contribution is 0.666. The van der Waals surface area contributed by atoms with Crippen LogP contribution in [0.4, 0.5) is 0 Å². The molecule has 0 aliphatic heterocycles. The smallest absolute Gasteiger partial charge is 0.0165 e. The maximum absolute atomic E-state index is 2.40. The summed E-state index contributed by atoms with van der Waals surface area (Å²) in [4.78, 5) is 0. The highest BCUT2D eigenvalue weighted by molar-refractivity contribution is 6.16. The van der Waals surface area contributed by atoms with E-state index in [4.69, 9.17) is 0 Å². The standard InChI is InChI=1S/C41H28/c1-41(2)38-19-6-5-15-33(38)36-21-20-32-29(16-9-18-35(32)40(36)41)26-11-7-10-25(22-26)28-23-27-12-8-17-34-30-13-3-4-14-31(30)37(24-28)39(27)34/h3-24H,1-2H3. The minimum absolute atomic E-state index is 0.0329. The van der Waals surface area contributed by atoms with Crippen LogP contribution in [0.5, 0.6) is 0 Å². The summed E-state index contributed by atoms with van der Waals surface area (Å²) in [5.74, 6) is 0. The summed E-state index contributed by atoms with van der Waals surface area (Å²) in [6, 6.07) is 49.8. The molecule has 2 aliphatic rings. The molecule has 0 radical (unpaired) electrons. The summed E-state index contributed by atoms with van der Waals surface area (Å²) in [6.07, 6.45) is 0. The van der Waals surface area contributed by atoms with Crippen molar-refractivity contribution in [2.24, 2.45) is 0 Å². The fourth-order valence-electron chi connectivity index (χ4n) is 7.76. The Hall–Kier alpha value is -4.94. The molecule has 9 rings (SSSR count). The zero-order chi connectivity index (χ0) is 27.3. The van der Waals surface area contributed by atoms with Crippen LogP contribution >= 0.6 is 0 Å². The zero-order valence-corrected chi connectivity index (χ0v) is 23.2. The van der Waals surface area contributed by atoms with E-state index in [0.717, 1.165) is 0 Å². The SMILES string of the molecule is CC1(C)c2ccccc2-c2ccc3c(-c4cccc(-c5cc6c7c(cccc7c5)-c5ccccc5-6)c4)cccc3c21. The third-order valence-electron chi connectivity index (χ3n) is 9.57. The van der Waals surface area contributed by atoms with Gasteiger partial charge in [0.1, 0.15) is 0 Å². The number of fused-ring (bicyclic) bond motifs is 8. The summed E-state index contributed by atoms with van der Waals surface area (Å²) in [5.41, 5.74) is 16.0. The van der Waals surface area contributed by atoms with Crippen LogP contribution in [-0.2, 0) is 5.41 Å². The van der Waals surface area contributed by atoms with Crippen molar-refractivity contribution in [3.8, 4) is 55.6 Å². The quantitative estimate of drug-likeness (QED) is 0.213. The molecule has 0 saturated heterocycles. The summed E-state index contributed by atoms with van der Waals surface area (Å²) in [5, 5.41) is 5.36. The molecule has 2 aliphatic carbocycles. The summed E-state index contributed by atoms with van der Waals surface area (Å²) >= 11 is 0. The first kappa shape index (κ1) is 22.8. The maximum atomic E-state index is 2.40. The van der Waals surface area contributed by atoms with Crippen molar-refractivity contribution >= 4 is 21.5 Å². The maximum Gasteiger partial charge on any atom is 0.0165 e. The van der Waals surface area contributed by atoms with E-state index in [0.29, 0.717) is 0 Å². The van der Waals surface area contributed by atoms with E-state index in [1.165, 1.54) is 88.3 Å². The molecule has 0 atom stereocenters. The summed E-state index contributed by atoms with van der Waals surface area (Å²) in [7, 11) is 0. The predicted octanol–water partition coefficient (Wildman–Crippen LogP) is 11.3. The van der Waals surface area contributed by atoms with Gasteiger partial charge in [0.15, 0.2) is 0 Å². The van der Waals surface area contributed by atoms with Gasteiger partial charge in [-0.1, -0.05) is 129 Å². The van der Waals surface area contributed by atoms with E-state index in [1.807, 2.05) is 0 Å². The normalized spacial score (nSPS) is 13.8. The van der Waals surface area contributed by atoms with E-state index >= 15 is 0 Å². The van der Waals surface area contributed by atoms with Gasteiger partial charge in [0, 0.05) is 5.41 Å². The molecule has 0 bridgehead atoms. The molecule has 41 heavy (non-hydrogen) atoms. The molecule has 0 nitrogen and oxygen atoms in total. The lowest BCUT2D eigenvalue weighted by atomic mass is 9.79. The van der Waals surface area contributed by atoms with Crippen LogP contribution in [0.1, 0.15) is 25.0 Å². The van der Waals surface area contributed by atoms with Gasteiger partial charge in [-0.15, -0.1) is 0 Å². The lowest BCUT2D eigenvalue weighted by Crippen LogP contribution is -2.15. The molecular formula is C41H28. The highest BCUT2D eigenvalue weighted by Gasteiger charge is 2.36. The molecule has 0 saturated carbocycles. The molecule has 192 valence electrons. The third kappa shape index (κ3) is 3.05. The molecule has 0 amide bonds. The summed E-state index contributed by atoms with van der Waals surface area (Å²) in [6.45, 7) is 4.75. The Morgan fingerprint density at radius 1 is 0.390 bits per heavy atom. The average Bonchev–Trinajstić information content (AvgIpc) is 3.47. The second-order valence-corrected chi connectivity index (χ2v) is 12.1. The number of hydrogen-bond donors (Lipinski definition) is 0. The summed E-state index contributed by atoms with van der Waals surface area (Å²) < 4.78 is 0. The number of hydrogen-bond acceptors (Lipinski definition) is 0. The number of benzene rings is 7. The van der Waals surface area contributed by atoms with E-state index in [-0.39, 0.29) is 5.41 Å². The Labute approximate surface area is 240 Å². The first-order valence-corrected chi connectivity index (χ1v) is 14.5. The van der Waals surface area contributed by atoms with Crippen molar-refractivity contribution in [2.75, 3.05) is 0 Å². The third-order valence-corrected chi connectivity index (χ3v) is 9.57. The van der Waals surface area contributed by atoms with Crippen LogP contribution in [-0.4, -0.2) is 0 Å². The molecule has 0 fully saturated rings. The van der Waals surface area contributed by atoms with Gasteiger partial charge in [0.05, 0.1) is 0 Å². The minimum Gasteiger partial charge on any atom is -0.0619 e. The van der Waals surface area contributed by atoms with Gasteiger partial charge in [-0.05, 0) is 107 Å². The van der Waals surface area contributed by atoms with Gasteiger partial charge in [-0.3, -0.25) is 0 Å². The molecule has 0 spiro atoms. The zero-order valence-electron chi connectivity index (χ0n) is 23.2. The first-order valence-electron chi connectivity index (χ1n) is 14.5. The van der Waals surface area contributed by atoms with Gasteiger partial charge in [0.2, 0.25) is 0 Å². The Bertz CT molecular complexity index is 2230. The predicted molar refractivity (Wildman–Crippen MR) is 174 cm³/mol. The Balaban J connectivity index is 1.22. The fourth-order valence-corrected chi connectivity index (χ4v) is 7.76. The van der Waals surface area contributed by atoms with Crippen molar-refractivity contribution in [3.63, 3.8) is 0 Å². The van der Waals surface area contributed by atoms with Crippen LogP contribution in [0.15, 0.2) is 133 Å². The Kier molecular flexibility index (Phi) is 4.49. The number of rotatable bonds is 2. The van der Waals surface area contributed by atoms with E-state index in [1.54, 1.807) is 0 Å². The monoisotopic (exact) mass is 520 g/mol. The molecule has 0 heteroatoms. The molecule has 0 heterocycles. The van der Waals surface area contributed by atoms with Crippen molar-refractivity contribution < 1.29 is 0 Å². The van der Waals surface area contributed by atoms with Crippen molar-refractivity contribution in [1.82, 2.24) is 0 Å². The van der Waals surface area contributed by atoms with E-state index in [9.17, 15) is 0 Å². The second kappa shape index (κ2) is 8.05. The van der Waals surface area contributed by atoms with Crippen molar-refractivity contribution in [2.45, 2.75) is 19.3 Å². The van der Waals surface area contributed by atoms with Crippen molar-refractivity contribution in [3.05, 3.63) is 145 Å².